The van der Waals surface area contributed by atoms with Gasteiger partial charge >= 0.3 is 0 Å². The second-order valence-electron chi connectivity index (χ2n) is 8.35. The summed E-state index contributed by atoms with van der Waals surface area (Å²) in [6.45, 7) is 9.81. The Morgan fingerprint density at radius 3 is 2.50 bits per heavy atom. The molecule has 0 saturated heterocycles. The number of rotatable bonds is 7. The number of amides is 2. The molecule has 0 saturated carbocycles. The molecule has 1 aromatic heterocycles. The zero-order valence-electron chi connectivity index (χ0n) is 17.1. The van der Waals surface area contributed by atoms with Gasteiger partial charge < -0.3 is 10.2 Å². The SMILES string of the molecule is CC(C)CCNC(=O)[C@@H]1c2ccccc2C(=O)N(CC(C)C)[C@H]1c1cccs1. The predicted molar refractivity (Wildman–Crippen MR) is 115 cm³/mol. The van der Waals surface area contributed by atoms with Crippen molar-refractivity contribution in [1.82, 2.24) is 10.2 Å². The van der Waals surface area contributed by atoms with Crippen molar-refractivity contribution < 1.29 is 9.59 Å². The van der Waals surface area contributed by atoms with Gasteiger partial charge in [-0.05, 0) is 41.3 Å². The highest BCUT2D eigenvalue weighted by Gasteiger charge is 2.44. The van der Waals surface area contributed by atoms with Crippen molar-refractivity contribution in [2.45, 2.75) is 46.1 Å². The zero-order chi connectivity index (χ0) is 20.3. The monoisotopic (exact) mass is 398 g/mol. The van der Waals surface area contributed by atoms with E-state index >= 15 is 0 Å². The first-order valence-corrected chi connectivity index (χ1v) is 11.0. The molecule has 2 aromatic rings. The smallest absolute Gasteiger partial charge is 0.254 e. The molecule has 2 amide bonds. The molecule has 0 radical (unpaired) electrons. The van der Waals surface area contributed by atoms with Crippen molar-refractivity contribution in [2.75, 3.05) is 13.1 Å². The quantitative estimate of drug-likeness (QED) is 0.725. The number of benzene rings is 1. The van der Waals surface area contributed by atoms with Crippen molar-refractivity contribution in [1.29, 1.82) is 0 Å². The Morgan fingerprint density at radius 1 is 1.11 bits per heavy atom. The molecule has 4 nitrogen and oxygen atoms in total. The number of hydrogen-bond acceptors (Lipinski definition) is 3. The van der Waals surface area contributed by atoms with Crippen molar-refractivity contribution in [3.05, 3.63) is 57.8 Å². The minimum atomic E-state index is -0.390. The van der Waals surface area contributed by atoms with Crippen LogP contribution in [0, 0.1) is 11.8 Å². The van der Waals surface area contributed by atoms with E-state index in [2.05, 4.69) is 33.0 Å². The van der Waals surface area contributed by atoms with Crippen LogP contribution in [-0.4, -0.2) is 29.8 Å². The summed E-state index contributed by atoms with van der Waals surface area (Å²) in [6, 6.07) is 11.4. The maximum Gasteiger partial charge on any atom is 0.254 e. The molecule has 0 unspecified atom stereocenters. The Morgan fingerprint density at radius 2 is 1.86 bits per heavy atom. The zero-order valence-corrected chi connectivity index (χ0v) is 18.0. The molecular weight excluding hydrogens is 368 g/mol. The molecule has 1 aliphatic rings. The fraction of sp³-hybridized carbons (Fsp3) is 0.478. The van der Waals surface area contributed by atoms with Crippen LogP contribution in [0.5, 0.6) is 0 Å². The fourth-order valence-electron chi connectivity index (χ4n) is 3.84. The maximum absolute atomic E-state index is 13.3. The van der Waals surface area contributed by atoms with E-state index in [4.69, 9.17) is 0 Å². The first-order chi connectivity index (χ1) is 13.4. The standard InChI is InChI=1S/C23H30N2O2S/c1-15(2)11-12-24-22(26)20-17-8-5-6-9-18(17)23(27)25(14-16(3)4)21(20)19-10-7-13-28-19/h5-10,13,15-16,20-21H,11-12,14H2,1-4H3,(H,24,26)/t20-,21+/m1/s1. The molecule has 0 spiro atoms. The minimum Gasteiger partial charge on any atom is -0.355 e. The van der Waals surface area contributed by atoms with Gasteiger partial charge in [-0.1, -0.05) is 52.0 Å². The highest BCUT2D eigenvalue weighted by atomic mass is 32.1. The van der Waals surface area contributed by atoms with Crippen molar-refractivity contribution >= 4 is 23.2 Å². The molecule has 0 bridgehead atoms. The van der Waals surface area contributed by atoms with E-state index in [1.165, 1.54) is 0 Å². The second-order valence-corrected chi connectivity index (χ2v) is 9.33. The molecule has 1 aliphatic heterocycles. The number of carbonyl (C=O) groups is 2. The van der Waals surface area contributed by atoms with Crippen LogP contribution in [0.4, 0.5) is 0 Å². The summed E-state index contributed by atoms with van der Waals surface area (Å²) in [7, 11) is 0. The lowest BCUT2D eigenvalue weighted by atomic mass is 9.81. The van der Waals surface area contributed by atoms with Gasteiger partial charge in [0.05, 0.1) is 12.0 Å². The van der Waals surface area contributed by atoms with E-state index in [0.717, 1.165) is 16.9 Å². The van der Waals surface area contributed by atoms with Crippen LogP contribution in [0.1, 0.15) is 66.9 Å². The van der Waals surface area contributed by atoms with Crippen LogP contribution >= 0.6 is 11.3 Å². The Hall–Kier alpha value is -2.14. The summed E-state index contributed by atoms with van der Waals surface area (Å²) >= 11 is 1.61. The van der Waals surface area contributed by atoms with E-state index in [9.17, 15) is 9.59 Å². The van der Waals surface area contributed by atoms with Gasteiger partial charge in [-0.25, -0.2) is 0 Å². The van der Waals surface area contributed by atoms with Gasteiger partial charge in [0.25, 0.3) is 5.91 Å². The van der Waals surface area contributed by atoms with Gasteiger partial charge in [-0.15, -0.1) is 11.3 Å². The molecule has 3 rings (SSSR count). The molecule has 1 aromatic carbocycles. The highest BCUT2D eigenvalue weighted by Crippen LogP contribution is 2.44. The summed E-state index contributed by atoms with van der Waals surface area (Å²) in [5, 5.41) is 5.15. The second kappa shape index (κ2) is 8.91. The maximum atomic E-state index is 13.3. The van der Waals surface area contributed by atoms with Crippen LogP contribution in [0.3, 0.4) is 0 Å². The Labute approximate surface area is 172 Å². The molecule has 0 aliphatic carbocycles. The van der Waals surface area contributed by atoms with E-state index in [1.54, 1.807) is 11.3 Å². The first-order valence-electron chi connectivity index (χ1n) is 10.1. The molecule has 0 fully saturated rings. The predicted octanol–water partition coefficient (Wildman–Crippen LogP) is 4.85. The van der Waals surface area contributed by atoms with Crippen molar-refractivity contribution in [3.63, 3.8) is 0 Å². The van der Waals surface area contributed by atoms with Crippen LogP contribution in [0.25, 0.3) is 0 Å². The van der Waals surface area contributed by atoms with Crippen LogP contribution < -0.4 is 5.32 Å². The van der Waals surface area contributed by atoms with Crippen LogP contribution in [-0.2, 0) is 4.79 Å². The Bertz CT molecular complexity index is 814. The van der Waals surface area contributed by atoms with Gasteiger partial charge in [0.15, 0.2) is 0 Å². The van der Waals surface area contributed by atoms with Crippen molar-refractivity contribution in [2.24, 2.45) is 11.8 Å². The van der Waals surface area contributed by atoms with Gasteiger partial charge in [-0.2, -0.15) is 0 Å². The number of nitrogens with one attached hydrogen (secondary N) is 1. The molecule has 28 heavy (non-hydrogen) atoms. The lowest BCUT2D eigenvalue weighted by Gasteiger charge is -2.42. The van der Waals surface area contributed by atoms with Crippen molar-refractivity contribution in [3.8, 4) is 0 Å². The van der Waals surface area contributed by atoms with Crippen LogP contribution in [0.15, 0.2) is 41.8 Å². The van der Waals surface area contributed by atoms with Gasteiger partial charge in [-0.3, -0.25) is 9.59 Å². The van der Waals surface area contributed by atoms with Crippen LogP contribution in [0.2, 0.25) is 0 Å². The molecule has 1 N–H and O–H groups in total. The van der Waals surface area contributed by atoms with E-state index < -0.39 is 5.92 Å². The number of nitrogens with zero attached hydrogens (tertiary/aromatic N) is 1. The number of thiophene rings is 1. The number of hydrogen-bond donors (Lipinski definition) is 1. The first kappa shape index (κ1) is 20.6. The summed E-state index contributed by atoms with van der Waals surface area (Å²) < 4.78 is 0. The molecular formula is C23H30N2O2S. The summed E-state index contributed by atoms with van der Waals surface area (Å²) in [4.78, 5) is 29.6. The third-order valence-corrected chi connectivity index (χ3v) is 6.08. The Kier molecular flexibility index (Phi) is 6.55. The van der Waals surface area contributed by atoms with Gasteiger partial charge in [0, 0.05) is 23.5 Å². The Balaban J connectivity index is 2.04. The summed E-state index contributed by atoms with van der Waals surface area (Å²) in [5.74, 6) is 0.493. The molecule has 2 atom stereocenters. The lowest BCUT2D eigenvalue weighted by Crippen LogP contribution is -2.48. The lowest BCUT2D eigenvalue weighted by molar-refractivity contribution is -0.124. The molecule has 5 heteroatoms. The van der Waals surface area contributed by atoms with Gasteiger partial charge in [0.2, 0.25) is 5.91 Å². The van der Waals surface area contributed by atoms with E-state index in [0.29, 0.717) is 30.5 Å². The summed E-state index contributed by atoms with van der Waals surface area (Å²) in [6.07, 6.45) is 0.943. The number of fused-ring (bicyclic) bond motifs is 1. The van der Waals surface area contributed by atoms with E-state index in [-0.39, 0.29) is 17.9 Å². The topological polar surface area (TPSA) is 49.4 Å². The third-order valence-electron chi connectivity index (χ3n) is 5.14. The average molecular weight is 399 g/mol. The molecule has 2 heterocycles. The van der Waals surface area contributed by atoms with E-state index in [1.807, 2.05) is 46.7 Å². The normalized spacial score (nSPS) is 19.2. The largest absolute Gasteiger partial charge is 0.355 e. The van der Waals surface area contributed by atoms with Gasteiger partial charge in [0.1, 0.15) is 0 Å². The summed E-state index contributed by atoms with van der Waals surface area (Å²) in [5.41, 5.74) is 1.49. The molecule has 150 valence electrons. The number of carbonyl (C=O) groups excluding carboxylic acids is 2. The fourth-order valence-corrected chi connectivity index (χ4v) is 4.71. The highest BCUT2D eigenvalue weighted by molar-refractivity contribution is 7.10. The minimum absolute atomic E-state index is 0.00718. The average Bonchev–Trinajstić information content (AvgIpc) is 3.17. The third kappa shape index (κ3) is 4.30.